The predicted molar refractivity (Wildman–Crippen MR) is 83.1 cm³/mol. The van der Waals surface area contributed by atoms with Gasteiger partial charge in [0.15, 0.2) is 0 Å². The van der Waals surface area contributed by atoms with Crippen LogP contribution in [0.15, 0.2) is 16.5 Å². The molecule has 1 heterocycles. The Hall–Kier alpha value is -2.00. The monoisotopic (exact) mass is 307 g/mol. The SMILES string of the molecule is CC(C)C(CNC(=O)OC(C)(C)C)NCc1ccc(C#N)o1. The van der Waals surface area contributed by atoms with Gasteiger partial charge >= 0.3 is 6.09 Å². The number of carbonyl (C=O) groups excluding carboxylic acids is 1. The third kappa shape index (κ3) is 6.64. The number of ether oxygens (including phenoxy) is 1. The molecule has 0 aliphatic carbocycles. The summed E-state index contributed by atoms with van der Waals surface area (Å²) < 4.78 is 10.5. The fourth-order valence-electron chi connectivity index (χ4n) is 1.82. The largest absolute Gasteiger partial charge is 0.449 e. The third-order valence-corrected chi connectivity index (χ3v) is 2.98. The minimum atomic E-state index is -0.507. The second-order valence-electron chi connectivity index (χ2n) is 6.49. The van der Waals surface area contributed by atoms with E-state index in [0.717, 1.165) is 0 Å². The molecule has 6 nitrogen and oxygen atoms in total. The van der Waals surface area contributed by atoms with Gasteiger partial charge in [-0.25, -0.2) is 4.79 Å². The van der Waals surface area contributed by atoms with Crippen LogP contribution in [0, 0.1) is 17.2 Å². The quantitative estimate of drug-likeness (QED) is 0.844. The van der Waals surface area contributed by atoms with Crippen molar-refractivity contribution in [3.63, 3.8) is 0 Å². The Morgan fingerprint density at radius 1 is 1.41 bits per heavy atom. The second-order valence-corrected chi connectivity index (χ2v) is 6.49. The first-order valence-corrected chi connectivity index (χ1v) is 7.40. The van der Waals surface area contributed by atoms with Gasteiger partial charge in [0.1, 0.15) is 17.4 Å². The minimum absolute atomic E-state index is 0.0724. The number of nitriles is 1. The Labute approximate surface area is 131 Å². The molecule has 1 aromatic rings. The topological polar surface area (TPSA) is 87.3 Å². The van der Waals surface area contributed by atoms with E-state index in [1.54, 1.807) is 12.1 Å². The molecule has 22 heavy (non-hydrogen) atoms. The number of hydrogen-bond acceptors (Lipinski definition) is 5. The molecule has 1 aromatic heterocycles. The first-order valence-electron chi connectivity index (χ1n) is 7.40. The fraction of sp³-hybridized carbons (Fsp3) is 0.625. The van der Waals surface area contributed by atoms with Gasteiger partial charge in [0.25, 0.3) is 0 Å². The fourth-order valence-corrected chi connectivity index (χ4v) is 1.82. The summed E-state index contributed by atoms with van der Waals surface area (Å²) in [5, 5.41) is 14.8. The van der Waals surface area contributed by atoms with Gasteiger partial charge in [0.05, 0.1) is 6.54 Å². The lowest BCUT2D eigenvalue weighted by molar-refractivity contribution is 0.0519. The highest BCUT2D eigenvalue weighted by Gasteiger charge is 2.19. The second kappa shape index (κ2) is 7.85. The zero-order valence-corrected chi connectivity index (χ0v) is 13.9. The van der Waals surface area contributed by atoms with E-state index in [9.17, 15) is 4.79 Å². The van der Waals surface area contributed by atoms with Crippen molar-refractivity contribution in [3.05, 3.63) is 23.7 Å². The van der Waals surface area contributed by atoms with Crippen LogP contribution in [0.4, 0.5) is 4.79 Å². The van der Waals surface area contributed by atoms with Gasteiger partial charge < -0.3 is 19.8 Å². The number of amides is 1. The molecule has 6 heteroatoms. The van der Waals surface area contributed by atoms with Crippen molar-refractivity contribution < 1.29 is 13.9 Å². The van der Waals surface area contributed by atoms with Crippen LogP contribution in [-0.4, -0.2) is 24.3 Å². The molecule has 1 atom stereocenters. The van der Waals surface area contributed by atoms with Gasteiger partial charge in [-0.05, 0) is 38.8 Å². The maximum Gasteiger partial charge on any atom is 0.407 e. The highest BCUT2D eigenvalue weighted by Crippen LogP contribution is 2.09. The number of carbonyl (C=O) groups is 1. The summed E-state index contributed by atoms with van der Waals surface area (Å²) in [6.45, 7) is 10.6. The molecule has 0 saturated carbocycles. The Bertz CT molecular complexity index is 523. The van der Waals surface area contributed by atoms with Crippen LogP contribution in [-0.2, 0) is 11.3 Å². The maximum absolute atomic E-state index is 11.7. The van der Waals surface area contributed by atoms with E-state index < -0.39 is 11.7 Å². The lowest BCUT2D eigenvalue weighted by Gasteiger charge is -2.24. The summed E-state index contributed by atoms with van der Waals surface area (Å²) in [7, 11) is 0. The van der Waals surface area contributed by atoms with Crippen molar-refractivity contribution in [1.29, 1.82) is 5.26 Å². The highest BCUT2D eigenvalue weighted by atomic mass is 16.6. The number of nitrogens with one attached hydrogen (secondary N) is 2. The number of nitrogens with zero attached hydrogens (tertiary/aromatic N) is 1. The molecule has 0 aromatic carbocycles. The van der Waals surface area contributed by atoms with Crippen molar-refractivity contribution in [2.24, 2.45) is 5.92 Å². The van der Waals surface area contributed by atoms with Crippen molar-refractivity contribution in [1.82, 2.24) is 10.6 Å². The van der Waals surface area contributed by atoms with Crippen molar-refractivity contribution in [2.45, 2.75) is 52.8 Å². The molecule has 0 radical (unpaired) electrons. The molecule has 0 aliphatic heterocycles. The average molecular weight is 307 g/mol. The van der Waals surface area contributed by atoms with E-state index in [1.807, 2.05) is 26.8 Å². The molecule has 2 N–H and O–H groups in total. The minimum Gasteiger partial charge on any atom is -0.449 e. The smallest absolute Gasteiger partial charge is 0.407 e. The van der Waals surface area contributed by atoms with E-state index in [-0.39, 0.29) is 6.04 Å². The van der Waals surface area contributed by atoms with E-state index in [2.05, 4.69) is 24.5 Å². The lowest BCUT2D eigenvalue weighted by Crippen LogP contribution is -2.45. The number of alkyl carbamates (subject to hydrolysis) is 1. The number of furan rings is 1. The first-order chi connectivity index (χ1) is 10.2. The van der Waals surface area contributed by atoms with Crippen LogP contribution < -0.4 is 10.6 Å². The molecule has 1 rings (SSSR count). The van der Waals surface area contributed by atoms with Crippen LogP contribution in [0.2, 0.25) is 0 Å². The molecular formula is C16H25N3O3. The zero-order chi connectivity index (χ0) is 16.8. The van der Waals surface area contributed by atoms with Gasteiger partial charge in [-0.2, -0.15) is 5.26 Å². The molecule has 1 amide bonds. The van der Waals surface area contributed by atoms with E-state index in [0.29, 0.717) is 30.5 Å². The Morgan fingerprint density at radius 3 is 2.59 bits per heavy atom. The maximum atomic E-state index is 11.7. The number of rotatable bonds is 6. The molecule has 1 unspecified atom stereocenters. The summed E-state index contributed by atoms with van der Waals surface area (Å²) >= 11 is 0. The molecule has 122 valence electrons. The predicted octanol–water partition coefficient (Wildman–Crippen LogP) is 2.79. The van der Waals surface area contributed by atoms with Crippen molar-refractivity contribution >= 4 is 6.09 Å². The van der Waals surface area contributed by atoms with E-state index >= 15 is 0 Å². The van der Waals surface area contributed by atoms with Gasteiger partial charge in [0, 0.05) is 12.6 Å². The average Bonchev–Trinajstić information content (AvgIpc) is 2.84. The first kappa shape index (κ1) is 18.1. The Morgan fingerprint density at radius 2 is 2.09 bits per heavy atom. The summed E-state index contributed by atoms with van der Waals surface area (Å²) in [4.78, 5) is 11.7. The normalized spacial score (nSPS) is 12.8. The molecule has 0 spiro atoms. The summed E-state index contributed by atoms with van der Waals surface area (Å²) in [5.41, 5.74) is -0.507. The zero-order valence-electron chi connectivity index (χ0n) is 13.9. The van der Waals surface area contributed by atoms with Crippen molar-refractivity contribution in [3.8, 4) is 6.07 Å². The van der Waals surface area contributed by atoms with Crippen molar-refractivity contribution in [2.75, 3.05) is 6.54 Å². The lowest BCUT2D eigenvalue weighted by atomic mass is 10.0. The standard InChI is InChI=1S/C16H25N3O3/c1-11(2)14(10-19-15(20)22-16(3,4)5)18-9-13-7-6-12(8-17)21-13/h6-7,11,14,18H,9-10H2,1-5H3,(H,19,20). The molecule has 0 saturated heterocycles. The van der Waals surface area contributed by atoms with Crippen LogP contribution in [0.3, 0.4) is 0 Å². The van der Waals surface area contributed by atoms with E-state index in [4.69, 9.17) is 14.4 Å². The van der Waals surface area contributed by atoms with Crippen LogP contribution >= 0.6 is 0 Å². The van der Waals surface area contributed by atoms with Gasteiger partial charge in [0.2, 0.25) is 5.76 Å². The Balaban J connectivity index is 2.45. The van der Waals surface area contributed by atoms with Crippen LogP contribution in [0.1, 0.15) is 46.1 Å². The molecule has 0 fully saturated rings. The molecular weight excluding hydrogens is 282 g/mol. The van der Waals surface area contributed by atoms with Gasteiger partial charge in [-0.1, -0.05) is 13.8 Å². The van der Waals surface area contributed by atoms with E-state index in [1.165, 1.54) is 0 Å². The number of hydrogen-bond donors (Lipinski definition) is 2. The van der Waals surface area contributed by atoms with Gasteiger partial charge in [-0.3, -0.25) is 0 Å². The Kier molecular flexibility index (Phi) is 6.44. The van der Waals surface area contributed by atoms with Crippen LogP contribution in [0.5, 0.6) is 0 Å². The summed E-state index contributed by atoms with van der Waals surface area (Å²) in [5.74, 6) is 1.31. The highest BCUT2D eigenvalue weighted by molar-refractivity contribution is 5.67. The van der Waals surface area contributed by atoms with Gasteiger partial charge in [-0.15, -0.1) is 0 Å². The molecule has 0 aliphatic rings. The van der Waals surface area contributed by atoms with Crippen LogP contribution in [0.25, 0.3) is 0 Å². The third-order valence-electron chi connectivity index (χ3n) is 2.98. The summed E-state index contributed by atoms with van der Waals surface area (Å²) in [6.07, 6.45) is -0.426. The molecule has 0 bridgehead atoms. The summed E-state index contributed by atoms with van der Waals surface area (Å²) in [6, 6.07) is 5.43.